The number of aliphatic hydroxyl groups is 1. The van der Waals surface area contributed by atoms with Crippen LogP contribution in [-0.2, 0) is 4.74 Å². The van der Waals surface area contributed by atoms with Gasteiger partial charge in [0.1, 0.15) is 0 Å². The molecule has 1 atom stereocenters. The molecule has 2 heterocycles. The van der Waals surface area contributed by atoms with Gasteiger partial charge in [-0.1, -0.05) is 44.5 Å². The molecule has 2 aliphatic rings. The Bertz CT molecular complexity index is 473. The molecule has 2 fully saturated rings. The van der Waals surface area contributed by atoms with Gasteiger partial charge in [-0.25, -0.2) is 0 Å². The first kappa shape index (κ1) is 16.0. The van der Waals surface area contributed by atoms with Crippen molar-refractivity contribution in [1.82, 2.24) is 4.90 Å². The summed E-state index contributed by atoms with van der Waals surface area (Å²) in [4.78, 5) is 2.58. The van der Waals surface area contributed by atoms with E-state index in [2.05, 4.69) is 43.0 Å². The highest BCUT2D eigenvalue weighted by atomic mass is 16.5. The van der Waals surface area contributed by atoms with Crippen molar-refractivity contribution in [2.75, 3.05) is 32.9 Å². The zero-order valence-corrected chi connectivity index (χ0v) is 13.9. The topological polar surface area (TPSA) is 32.7 Å². The zero-order chi connectivity index (χ0) is 15.6. The molecule has 2 saturated heterocycles. The minimum atomic E-state index is -0.0204. The maximum Gasteiger partial charge on any atom is 0.0579 e. The van der Waals surface area contributed by atoms with E-state index in [-0.39, 0.29) is 12.0 Å². The van der Waals surface area contributed by atoms with Gasteiger partial charge in [0.25, 0.3) is 0 Å². The summed E-state index contributed by atoms with van der Waals surface area (Å²) in [5.74, 6) is 0.585. The number of rotatable bonds is 5. The first-order valence-corrected chi connectivity index (χ1v) is 8.66. The van der Waals surface area contributed by atoms with Crippen LogP contribution >= 0.6 is 0 Å². The SMILES string of the molecule is CC(C)c1ccc(C2CCCCN2CC2(CO)COC2)cc1. The molecule has 1 aromatic carbocycles. The fraction of sp³-hybridized carbons (Fsp3) is 0.684. The second-order valence-corrected chi connectivity index (χ2v) is 7.45. The van der Waals surface area contributed by atoms with Crippen LogP contribution in [0.2, 0.25) is 0 Å². The van der Waals surface area contributed by atoms with Crippen molar-refractivity contribution in [2.45, 2.75) is 45.1 Å². The average Bonchev–Trinajstić information content (AvgIpc) is 2.51. The first-order chi connectivity index (χ1) is 10.6. The summed E-state index contributed by atoms with van der Waals surface area (Å²) in [5, 5.41) is 9.71. The van der Waals surface area contributed by atoms with E-state index in [1.807, 2.05) is 0 Å². The minimum absolute atomic E-state index is 0.0204. The van der Waals surface area contributed by atoms with E-state index in [1.54, 1.807) is 0 Å². The predicted octanol–water partition coefficient (Wildman–Crippen LogP) is 3.35. The van der Waals surface area contributed by atoms with Gasteiger partial charge in [0, 0.05) is 12.6 Å². The first-order valence-electron chi connectivity index (χ1n) is 8.66. The van der Waals surface area contributed by atoms with Crippen molar-refractivity contribution in [3.63, 3.8) is 0 Å². The van der Waals surface area contributed by atoms with E-state index >= 15 is 0 Å². The van der Waals surface area contributed by atoms with E-state index in [1.165, 1.54) is 30.4 Å². The smallest absolute Gasteiger partial charge is 0.0579 e. The molecule has 0 bridgehead atoms. The van der Waals surface area contributed by atoms with Crippen molar-refractivity contribution in [3.05, 3.63) is 35.4 Å². The molecule has 122 valence electrons. The Morgan fingerprint density at radius 2 is 1.95 bits per heavy atom. The summed E-state index contributed by atoms with van der Waals surface area (Å²) in [6.45, 7) is 8.23. The Balaban J connectivity index is 1.74. The Kier molecular flexibility index (Phi) is 4.86. The molecule has 0 aromatic heterocycles. The lowest BCUT2D eigenvalue weighted by Gasteiger charge is -2.47. The number of hydrogen-bond donors (Lipinski definition) is 1. The third kappa shape index (κ3) is 3.22. The maximum absolute atomic E-state index is 9.71. The second-order valence-electron chi connectivity index (χ2n) is 7.45. The normalized spacial score (nSPS) is 25.2. The van der Waals surface area contributed by atoms with Crippen LogP contribution in [0, 0.1) is 5.41 Å². The van der Waals surface area contributed by atoms with Gasteiger partial charge in [0.15, 0.2) is 0 Å². The summed E-state index contributed by atoms with van der Waals surface area (Å²) in [6.07, 6.45) is 3.79. The molecular weight excluding hydrogens is 274 g/mol. The van der Waals surface area contributed by atoms with Gasteiger partial charge in [0.05, 0.1) is 25.2 Å². The fourth-order valence-corrected chi connectivity index (χ4v) is 3.71. The van der Waals surface area contributed by atoms with E-state index in [9.17, 15) is 5.11 Å². The number of ether oxygens (including phenoxy) is 1. The number of benzene rings is 1. The molecule has 0 saturated carbocycles. The Morgan fingerprint density at radius 3 is 2.50 bits per heavy atom. The number of aliphatic hydroxyl groups excluding tert-OH is 1. The van der Waals surface area contributed by atoms with Crippen LogP contribution in [0.1, 0.15) is 56.2 Å². The van der Waals surface area contributed by atoms with Crippen molar-refractivity contribution >= 4 is 0 Å². The third-order valence-electron chi connectivity index (χ3n) is 5.29. The van der Waals surface area contributed by atoms with Crippen LogP contribution in [0.25, 0.3) is 0 Å². The quantitative estimate of drug-likeness (QED) is 0.905. The molecular formula is C19H29NO2. The van der Waals surface area contributed by atoms with E-state index < -0.39 is 0 Å². The fourth-order valence-electron chi connectivity index (χ4n) is 3.71. The van der Waals surface area contributed by atoms with Crippen LogP contribution in [0.5, 0.6) is 0 Å². The van der Waals surface area contributed by atoms with Crippen LogP contribution in [0.3, 0.4) is 0 Å². The van der Waals surface area contributed by atoms with Crippen LogP contribution < -0.4 is 0 Å². The molecule has 0 amide bonds. The van der Waals surface area contributed by atoms with Gasteiger partial charge in [-0.05, 0) is 36.4 Å². The summed E-state index contributed by atoms with van der Waals surface area (Å²) < 4.78 is 5.37. The van der Waals surface area contributed by atoms with E-state index in [0.717, 1.165) is 13.1 Å². The van der Waals surface area contributed by atoms with Crippen molar-refractivity contribution < 1.29 is 9.84 Å². The second kappa shape index (κ2) is 6.69. The zero-order valence-electron chi connectivity index (χ0n) is 13.9. The van der Waals surface area contributed by atoms with Crippen molar-refractivity contribution in [3.8, 4) is 0 Å². The standard InChI is InChI=1S/C19H29NO2/c1-15(2)16-6-8-17(9-7-16)18-5-3-4-10-20(18)11-19(12-21)13-22-14-19/h6-9,15,18,21H,3-5,10-14H2,1-2H3. The molecule has 1 unspecified atom stereocenters. The highest BCUT2D eigenvalue weighted by Crippen LogP contribution is 2.36. The van der Waals surface area contributed by atoms with E-state index in [0.29, 0.717) is 25.2 Å². The number of nitrogens with zero attached hydrogens (tertiary/aromatic N) is 1. The summed E-state index contributed by atoms with van der Waals surface area (Å²) >= 11 is 0. The molecule has 0 spiro atoms. The van der Waals surface area contributed by atoms with Crippen LogP contribution in [0.4, 0.5) is 0 Å². The van der Waals surface area contributed by atoms with Crippen LogP contribution in [0.15, 0.2) is 24.3 Å². The Hall–Kier alpha value is -0.900. The lowest BCUT2D eigenvalue weighted by atomic mass is 9.84. The van der Waals surface area contributed by atoms with Crippen molar-refractivity contribution in [2.24, 2.45) is 5.41 Å². The molecule has 2 aliphatic heterocycles. The molecule has 0 radical (unpaired) electrons. The highest BCUT2D eigenvalue weighted by Gasteiger charge is 2.41. The lowest BCUT2D eigenvalue weighted by molar-refractivity contribution is -0.153. The summed E-state index contributed by atoms with van der Waals surface area (Å²) in [6, 6.07) is 9.67. The molecule has 3 heteroatoms. The minimum Gasteiger partial charge on any atom is -0.396 e. The van der Waals surface area contributed by atoms with Crippen molar-refractivity contribution in [1.29, 1.82) is 0 Å². The Morgan fingerprint density at radius 1 is 1.23 bits per heavy atom. The number of hydrogen-bond acceptors (Lipinski definition) is 3. The predicted molar refractivity (Wildman–Crippen MR) is 89.0 cm³/mol. The number of piperidine rings is 1. The molecule has 3 nitrogen and oxygen atoms in total. The van der Waals surface area contributed by atoms with E-state index in [4.69, 9.17) is 4.74 Å². The van der Waals surface area contributed by atoms with Gasteiger partial charge in [-0.15, -0.1) is 0 Å². The third-order valence-corrected chi connectivity index (χ3v) is 5.29. The van der Waals surface area contributed by atoms with Crippen LogP contribution in [-0.4, -0.2) is 42.9 Å². The molecule has 22 heavy (non-hydrogen) atoms. The maximum atomic E-state index is 9.71. The number of likely N-dealkylation sites (tertiary alicyclic amines) is 1. The van der Waals surface area contributed by atoms with Gasteiger partial charge >= 0.3 is 0 Å². The summed E-state index contributed by atoms with van der Waals surface area (Å²) in [5.41, 5.74) is 2.82. The molecule has 3 rings (SSSR count). The lowest BCUT2D eigenvalue weighted by Crippen LogP contribution is -2.54. The molecule has 1 aromatic rings. The largest absolute Gasteiger partial charge is 0.396 e. The average molecular weight is 303 g/mol. The molecule has 0 aliphatic carbocycles. The summed E-state index contributed by atoms with van der Waals surface area (Å²) in [7, 11) is 0. The van der Waals surface area contributed by atoms with Gasteiger partial charge < -0.3 is 9.84 Å². The van der Waals surface area contributed by atoms with Gasteiger partial charge in [-0.3, -0.25) is 4.90 Å². The van der Waals surface area contributed by atoms with Gasteiger partial charge in [0.2, 0.25) is 0 Å². The van der Waals surface area contributed by atoms with Gasteiger partial charge in [-0.2, -0.15) is 0 Å². The monoisotopic (exact) mass is 303 g/mol. The molecule has 1 N–H and O–H groups in total. The Labute approximate surface area is 134 Å². The highest BCUT2D eigenvalue weighted by molar-refractivity contribution is 5.27.